The summed E-state index contributed by atoms with van der Waals surface area (Å²) in [5.74, 6) is -0.0691. The van der Waals surface area contributed by atoms with Crippen LogP contribution in [0.3, 0.4) is 0 Å². The lowest BCUT2D eigenvalue weighted by Gasteiger charge is -2.20. The Morgan fingerprint density at radius 1 is 0.657 bits per heavy atom. The van der Waals surface area contributed by atoms with E-state index in [1.165, 1.54) is 116 Å². The van der Waals surface area contributed by atoms with E-state index in [1.54, 1.807) is 6.08 Å². The minimum atomic E-state index is -0.829. The highest BCUT2D eigenvalue weighted by Crippen LogP contribution is 2.13. The van der Waals surface area contributed by atoms with Crippen LogP contribution in [-0.2, 0) is 4.79 Å². The van der Waals surface area contributed by atoms with Crippen LogP contribution in [0, 0.1) is 0 Å². The molecule has 0 saturated carbocycles. The van der Waals surface area contributed by atoms with Crippen molar-refractivity contribution in [3.8, 4) is 0 Å². The number of carbonyl (C=O) groups excluding carboxylic acids is 1. The van der Waals surface area contributed by atoms with E-state index in [4.69, 9.17) is 0 Å². The largest absolute Gasteiger partial charge is 0.394 e. The van der Waals surface area contributed by atoms with Gasteiger partial charge >= 0.3 is 0 Å². The molecule has 0 bridgehead atoms. The van der Waals surface area contributed by atoms with Gasteiger partial charge in [-0.25, -0.2) is 0 Å². The highest BCUT2D eigenvalue weighted by atomic mass is 16.3. The molecule has 0 radical (unpaired) electrons. The van der Waals surface area contributed by atoms with Crippen LogP contribution < -0.4 is 5.32 Å². The quantitative estimate of drug-likeness (QED) is 0.0791. The number of aliphatic hydroxyl groups is 2. The molecule has 0 aromatic carbocycles. The van der Waals surface area contributed by atoms with Crippen LogP contribution in [0.15, 0.2) is 12.2 Å². The second-order valence-corrected chi connectivity index (χ2v) is 10.5. The first-order valence-electron chi connectivity index (χ1n) is 15.4. The summed E-state index contributed by atoms with van der Waals surface area (Å²) < 4.78 is 0. The maximum Gasteiger partial charge on any atom is 0.220 e. The van der Waals surface area contributed by atoms with Crippen molar-refractivity contribution in [1.82, 2.24) is 5.32 Å². The van der Waals surface area contributed by atoms with Crippen molar-refractivity contribution in [3.63, 3.8) is 0 Å². The Bertz CT molecular complexity index is 466. The number of allylic oxidation sites excluding steroid dienone is 1. The Labute approximate surface area is 218 Å². The SMILES string of the molecule is CCCCCCCCCCCCCC/C=C/C(O)C(CO)NC(=O)CCCCCCCCCCC. The third-order valence-corrected chi connectivity index (χ3v) is 7.02. The molecule has 4 heteroatoms. The Balaban J connectivity index is 3.66. The zero-order chi connectivity index (χ0) is 25.8. The Hall–Kier alpha value is -0.870. The molecule has 0 heterocycles. The van der Waals surface area contributed by atoms with E-state index in [0.29, 0.717) is 6.42 Å². The number of carbonyl (C=O) groups is 1. The number of rotatable bonds is 27. The number of aliphatic hydroxyl groups excluding tert-OH is 2. The van der Waals surface area contributed by atoms with Gasteiger partial charge in [-0.05, 0) is 19.3 Å². The van der Waals surface area contributed by atoms with Crippen LogP contribution >= 0.6 is 0 Å². The van der Waals surface area contributed by atoms with E-state index in [1.807, 2.05) is 6.08 Å². The van der Waals surface area contributed by atoms with Gasteiger partial charge in [0.1, 0.15) is 0 Å². The van der Waals surface area contributed by atoms with Crippen LogP contribution in [-0.4, -0.2) is 34.9 Å². The lowest BCUT2D eigenvalue weighted by Crippen LogP contribution is -2.45. The van der Waals surface area contributed by atoms with Crippen molar-refractivity contribution in [1.29, 1.82) is 0 Å². The molecule has 0 saturated heterocycles. The van der Waals surface area contributed by atoms with Gasteiger partial charge in [0.05, 0.1) is 18.8 Å². The third kappa shape index (κ3) is 24.6. The summed E-state index contributed by atoms with van der Waals surface area (Å²) in [6.45, 7) is 4.26. The zero-order valence-corrected chi connectivity index (χ0v) is 23.6. The molecular formula is C31H61NO3. The topological polar surface area (TPSA) is 69.6 Å². The van der Waals surface area contributed by atoms with Crippen LogP contribution in [0.5, 0.6) is 0 Å². The van der Waals surface area contributed by atoms with E-state index in [-0.39, 0.29) is 12.5 Å². The molecule has 208 valence electrons. The van der Waals surface area contributed by atoms with Gasteiger partial charge in [-0.2, -0.15) is 0 Å². The monoisotopic (exact) mass is 495 g/mol. The predicted octanol–water partition coefficient (Wildman–Crippen LogP) is 8.39. The maximum absolute atomic E-state index is 12.2. The van der Waals surface area contributed by atoms with Crippen molar-refractivity contribution in [2.24, 2.45) is 0 Å². The molecule has 2 unspecified atom stereocenters. The maximum atomic E-state index is 12.2. The Morgan fingerprint density at radius 3 is 1.49 bits per heavy atom. The highest BCUT2D eigenvalue weighted by molar-refractivity contribution is 5.76. The number of hydrogen-bond donors (Lipinski definition) is 3. The molecule has 3 N–H and O–H groups in total. The van der Waals surface area contributed by atoms with Crippen molar-refractivity contribution in [3.05, 3.63) is 12.2 Å². The van der Waals surface area contributed by atoms with E-state index >= 15 is 0 Å². The normalized spacial score (nSPS) is 13.4. The first-order chi connectivity index (χ1) is 17.2. The molecule has 4 nitrogen and oxygen atoms in total. The summed E-state index contributed by atoms with van der Waals surface area (Å²) in [5.41, 5.74) is 0. The van der Waals surface area contributed by atoms with Gasteiger partial charge in [-0.3, -0.25) is 4.79 Å². The van der Waals surface area contributed by atoms with Gasteiger partial charge in [-0.1, -0.05) is 148 Å². The van der Waals surface area contributed by atoms with Crippen LogP contribution in [0.4, 0.5) is 0 Å². The van der Waals surface area contributed by atoms with Gasteiger partial charge in [-0.15, -0.1) is 0 Å². The van der Waals surface area contributed by atoms with Gasteiger partial charge < -0.3 is 15.5 Å². The first kappa shape index (κ1) is 34.1. The molecule has 2 atom stereocenters. The Kier molecular flexibility index (Phi) is 27.0. The van der Waals surface area contributed by atoms with E-state index in [2.05, 4.69) is 19.2 Å². The summed E-state index contributed by atoms with van der Waals surface area (Å²) in [6.07, 6.45) is 31.4. The van der Waals surface area contributed by atoms with E-state index < -0.39 is 12.1 Å². The molecule has 0 spiro atoms. The minimum absolute atomic E-state index is 0.0691. The average molecular weight is 496 g/mol. The summed E-state index contributed by atoms with van der Waals surface area (Å²) in [7, 11) is 0. The van der Waals surface area contributed by atoms with Gasteiger partial charge in [0, 0.05) is 6.42 Å². The third-order valence-electron chi connectivity index (χ3n) is 7.02. The number of nitrogens with one attached hydrogen (secondary N) is 1. The minimum Gasteiger partial charge on any atom is -0.394 e. The van der Waals surface area contributed by atoms with Gasteiger partial charge in [0.2, 0.25) is 5.91 Å². The second kappa shape index (κ2) is 27.7. The summed E-state index contributed by atoms with van der Waals surface area (Å²) in [4.78, 5) is 12.2. The van der Waals surface area contributed by atoms with Crippen molar-refractivity contribution in [2.45, 2.75) is 174 Å². The number of unbranched alkanes of at least 4 members (excludes halogenated alkanes) is 20. The summed E-state index contributed by atoms with van der Waals surface area (Å²) in [5, 5.41) is 22.7. The molecule has 0 aromatic rings. The highest BCUT2D eigenvalue weighted by Gasteiger charge is 2.17. The van der Waals surface area contributed by atoms with Gasteiger partial charge in [0.15, 0.2) is 0 Å². The molecule has 0 aromatic heterocycles. The first-order valence-corrected chi connectivity index (χ1v) is 15.4. The fourth-order valence-corrected chi connectivity index (χ4v) is 4.59. The molecule has 1 amide bonds. The predicted molar refractivity (Wildman–Crippen MR) is 152 cm³/mol. The van der Waals surface area contributed by atoms with E-state index in [9.17, 15) is 15.0 Å². The number of hydrogen-bond acceptors (Lipinski definition) is 3. The summed E-state index contributed by atoms with van der Waals surface area (Å²) >= 11 is 0. The Morgan fingerprint density at radius 2 is 1.06 bits per heavy atom. The molecular weight excluding hydrogens is 434 g/mol. The summed E-state index contributed by atoms with van der Waals surface area (Å²) in [6, 6.07) is -0.612. The molecule has 0 aliphatic carbocycles. The molecule has 0 fully saturated rings. The fourth-order valence-electron chi connectivity index (χ4n) is 4.59. The molecule has 0 aliphatic rings. The smallest absolute Gasteiger partial charge is 0.220 e. The van der Waals surface area contributed by atoms with Crippen LogP contribution in [0.1, 0.15) is 162 Å². The van der Waals surface area contributed by atoms with Gasteiger partial charge in [0.25, 0.3) is 0 Å². The van der Waals surface area contributed by atoms with Crippen molar-refractivity contribution < 1.29 is 15.0 Å². The van der Waals surface area contributed by atoms with Crippen molar-refractivity contribution >= 4 is 5.91 Å². The molecule has 0 rings (SSSR count). The van der Waals surface area contributed by atoms with Crippen LogP contribution in [0.2, 0.25) is 0 Å². The van der Waals surface area contributed by atoms with Crippen molar-refractivity contribution in [2.75, 3.05) is 6.61 Å². The number of amides is 1. The standard InChI is InChI=1S/C31H61NO3/c1-3-5-7-9-11-13-14-15-16-17-19-20-22-24-26-30(34)29(28-33)32-31(35)27-25-23-21-18-12-10-8-6-4-2/h24,26,29-30,33-34H,3-23,25,27-28H2,1-2H3,(H,32,35)/b26-24+. The average Bonchev–Trinajstić information content (AvgIpc) is 2.86. The van der Waals surface area contributed by atoms with Crippen LogP contribution in [0.25, 0.3) is 0 Å². The molecule has 35 heavy (non-hydrogen) atoms. The molecule has 0 aliphatic heterocycles. The second-order valence-electron chi connectivity index (χ2n) is 10.5. The zero-order valence-electron chi connectivity index (χ0n) is 23.6. The lowest BCUT2D eigenvalue weighted by atomic mass is 10.0. The fraction of sp³-hybridized carbons (Fsp3) is 0.903. The lowest BCUT2D eigenvalue weighted by molar-refractivity contribution is -0.123. The van der Waals surface area contributed by atoms with E-state index in [0.717, 1.165) is 25.7 Å².